The zero-order chi connectivity index (χ0) is 11.0. The van der Waals surface area contributed by atoms with E-state index in [1.807, 2.05) is 28.8 Å². The van der Waals surface area contributed by atoms with Crippen molar-refractivity contribution in [1.82, 2.24) is 14.7 Å². The van der Waals surface area contributed by atoms with Crippen LogP contribution in [0.2, 0.25) is 0 Å². The van der Waals surface area contributed by atoms with E-state index in [2.05, 4.69) is 18.9 Å². The Bertz CT molecular complexity index is 372. The minimum atomic E-state index is 0.149. The first kappa shape index (κ1) is 10.2. The van der Waals surface area contributed by atoms with Crippen molar-refractivity contribution < 1.29 is 4.79 Å². The molecule has 0 aromatic carbocycles. The molecule has 4 heteroatoms. The fraction of sp³-hybridized carbons (Fsp3) is 0.636. The lowest BCUT2D eigenvalue weighted by Crippen LogP contribution is -2.42. The highest BCUT2D eigenvalue weighted by atomic mass is 16.2. The van der Waals surface area contributed by atoms with Crippen LogP contribution in [0.5, 0.6) is 0 Å². The molecule has 0 fully saturated rings. The minimum absolute atomic E-state index is 0.149. The number of carbonyl (C=O) groups excluding carboxylic acids is 1. The quantitative estimate of drug-likeness (QED) is 0.703. The molecule has 0 bridgehead atoms. The second-order valence-electron chi connectivity index (χ2n) is 4.13. The van der Waals surface area contributed by atoms with Crippen molar-refractivity contribution in [2.45, 2.75) is 39.3 Å². The van der Waals surface area contributed by atoms with Gasteiger partial charge in [0.05, 0.1) is 17.8 Å². The summed E-state index contributed by atoms with van der Waals surface area (Å²) in [6.45, 7) is 6.83. The van der Waals surface area contributed by atoms with Crippen LogP contribution in [0.3, 0.4) is 0 Å². The zero-order valence-electron chi connectivity index (χ0n) is 9.47. The molecule has 1 aromatic rings. The molecular weight excluding hydrogens is 190 g/mol. The van der Waals surface area contributed by atoms with Gasteiger partial charge >= 0.3 is 0 Å². The zero-order valence-corrected chi connectivity index (χ0v) is 9.47. The standard InChI is InChI=1S/C11H17N3O/c1-4-11(15)13-7-8(2)14-10(9(13)3)5-6-12-14/h5-6,8-9H,4,7H2,1-3H3. The molecule has 2 unspecified atom stereocenters. The van der Waals surface area contributed by atoms with Crippen LogP contribution in [-0.2, 0) is 4.79 Å². The SMILES string of the molecule is CCC(=O)N1CC(C)n2nccc2C1C. The summed E-state index contributed by atoms with van der Waals surface area (Å²) in [5.41, 5.74) is 1.13. The largest absolute Gasteiger partial charge is 0.332 e. The fourth-order valence-electron chi connectivity index (χ4n) is 2.22. The molecule has 0 saturated heterocycles. The lowest BCUT2D eigenvalue weighted by atomic mass is 10.1. The molecule has 0 spiro atoms. The molecule has 1 aliphatic rings. The Morgan fingerprint density at radius 2 is 2.33 bits per heavy atom. The number of hydrogen-bond acceptors (Lipinski definition) is 2. The van der Waals surface area contributed by atoms with E-state index in [1.165, 1.54) is 0 Å². The van der Waals surface area contributed by atoms with Crippen molar-refractivity contribution >= 4 is 5.91 Å². The predicted octanol–water partition coefficient (Wildman–Crippen LogP) is 1.76. The number of fused-ring (bicyclic) bond motifs is 1. The van der Waals surface area contributed by atoms with Crippen molar-refractivity contribution in [1.29, 1.82) is 0 Å². The molecule has 82 valence electrons. The van der Waals surface area contributed by atoms with Crippen LogP contribution in [0, 0.1) is 0 Å². The average molecular weight is 207 g/mol. The Hall–Kier alpha value is -1.32. The van der Waals surface area contributed by atoms with Gasteiger partial charge in [-0.1, -0.05) is 6.92 Å². The van der Waals surface area contributed by atoms with Crippen molar-refractivity contribution in [3.8, 4) is 0 Å². The van der Waals surface area contributed by atoms with E-state index in [9.17, 15) is 4.79 Å². The number of amides is 1. The van der Waals surface area contributed by atoms with E-state index < -0.39 is 0 Å². The summed E-state index contributed by atoms with van der Waals surface area (Å²) in [7, 11) is 0. The highest BCUT2D eigenvalue weighted by molar-refractivity contribution is 5.76. The third-order valence-corrected chi connectivity index (χ3v) is 3.10. The molecule has 2 atom stereocenters. The molecule has 1 amide bonds. The maximum Gasteiger partial charge on any atom is 0.222 e. The topological polar surface area (TPSA) is 38.1 Å². The molecule has 0 radical (unpaired) electrons. The number of aromatic nitrogens is 2. The Morgan fingerprint density at radius 3 is 3.00 bits per heavy atom. The van der Waals surface area contributed by atoms with E-state index in [1.54, 1.807) is 0 Å². The normalized spacial score (nSPS) is 25.1. The van der Waals surface area contributed by atoms with E-state index in [0.717, 1.165) is 12.2 Å². The van der Waals surface area contributed by atoms with Crippen molar-refractivity contribution in [2.24, 2.45) is 0 Å². The molecule has 2 heterocycles. The van der Waals surface area contributed by atoms with E-state index >= 15 is 0 Å². The Balaban J connectivity index is 2.32. The molecular formula is C11H17N3O. The monoisotopic (exact) mass is 207 g/mol. The van der Waals surface area contributed by atoms with Gasteiger partial charge in [-0.2, -0.15) is 5.10 Å². The van der Waals surface area contributed by atoms with Crippen LogP contribution < -0.4 is 0 Å². The van der Waals surface area contributed by atoms with Gasteiger partial charge in [-0.05, 0) is 19.9 Å². The molecule has 1 aromatic heterocycles. The van der Waals surface area contributed by atoms with Gasteiger partial charge < -0.3 is 4.90 Å². The first-order valence-electron chi connectivity index (χ1n) is 5.48. The summed E-state index contributed by atoms with van der Waals surface area (Å²) in [6, 6.07) is 2.42. The Kier molecular flexibility index (Phi) is 2.50. The molecule has 0 saturated carbocycles. The smallest absolute Gasteiger partial charge is 0.222 e. The first-order chi connectivity index (χ1) is 7.15. The molecule has 1 aliphatic heterocycles. The van der Waals surface area contributed by atoms with Crippen molar-refractivity contribution in [3.63, 3.8) is 0 Å². The fourth-order valence-corrected chi connectivity index (χ4v) is 2.22. The average Bonchev–Trinajstić information content (AvgIpc) is 2.71. The van der Waals surface area contributed by atoms with Crippen molar-refractivity contribution in [2.75, 3.05) is 6.54 Å². The maximum atomic E-state index is 11.8. The second-order valence-corrected chi connectivity index (χ2v) is 4.13. The highest BCUT2D eigenvalue weighted by Gasteiger charge is 2.30. The van der Waals surface area contributed by atoms with Crippen LogP contribution in [0.4, 0.5) is 0 Å². The first-order valence-corrected chi connectivity index (χ1v) is 5.48. The Labute approximate surface area is 89.9 Å². The van der Waals surface area contributed by atoms with Gasteiger partial charge in [0, 0.05) is 19.2 Å². The van der Waals surface area contributed by atoms with Gasteiger partial charge in [0.15, 0.2) is 0 Å². The van der Waals surface area contributed by atoms with Crippen LogP contribution in [0.15, 0.2) is 12.3 Å². The van der Waals surface area contributed by atoms with Crippen LogP contribution in [0.1, 0.15) is 45.0 Å². The number of carbonyl (C=O) groups is 1. The summed E-state index contributed by atoms with van der Waals surface area (Å²) in [5, 5.41) is 4.29. The van der Waals surface area contributed by atoms with E-state index in [-0.39, 0.29) is 18.0 Å². The highest BCUT2D eigenvalue weighted by Crippen LogP contribution is 2.29. The van der Waals surface area contributed by atoms with Crippen LogP contribution in [-0.4, -0.2) is 27.1 Å². The molecule has 15 heavy (non-hydrogen) atoms. The van der Waals surface area contributed by atoms with E-state index in [4.69, 9.17) is 0 Å². The maximum absolute atomic E-state index is 11.8. The molecule has 2 rings (SSSR count). The van der Waals surface area contributed by atoms with E-state index in [0.29, 0.717) is 6.42 Å². The van der Waals surface area contributed by atoms with Gasteiger partial charge in [0.25, 0.3) is 0 Å². The minimum Gasteiger partial charge on any atom is -0.332 e. The van der Waals surface area contributed by atoms with Gasteiger partial charge in [0.2, 0.25) is 5.91 Å². The summed E-state index contributed by atoms with van der Waals surface area (Å²) in [6.07, 6.45) is 2.38. The third kappa shape index (κ3) is 1.54. The van der Waals surface area contributed by atoms with Crippen LogP contribution >= 0.6 is 0 Å². The number of nitrogens with zero attached hydrogens (tertiary/aromatic N) is 3. The molecule has 4 nitrogen and oxygen atoms in total. The van der Waals surface area contributed by atoms with Gasteiger partial charge in [-0.15, -0.1) is 0 Å². The molecule has 0 aliphatic carbocycles. The van der Waals surface area contributed by atoms with Crippen LogP contribution in [0.25, 0.3) is 0 Å². The number of hydrogen-bond donors (Lipinski definition) is 0. The second kappa shape index (κ2) is 3.68. The Morgan fingerprint density at radius 1 is 1.60 bits per heavy atom. The third-order valence-electron chi connectivity index (χ3n) is 3.10. The lowest BCUT2D eigenvalue weighted by molar-refractivity contribution is -0.134. The van der Waals surface area contributed by atoms with Gasteiger partial charge in [0.1, 0.15) is 0 Å². The summed E-state index contributed by atoms with van der Waals surface area (Å²) in [4.78, 5) is 13.7. The lowest BCUT2D eigenvalue weighted by Gasteiger charge is -2.37. The number of rotatable bonds is 1. The summed E-state index contributed by atoms with van der Waals surface area (Å²) in [5.74, 6) is 0.224. The van der Waals surface area contributed by atoms with Gasteiger partial charge in [-0.3, -0.25) is 9.48 Å². The van der Waals surface area contributed by atoms with Gasteiger partial charge in [-0.25, -0.2) is 0 Å². The van der Waals surface area contributed by atoms with Crippen molar-refractivity contribution in [3.05, 3.63) is 18.0 Å². The summed E-state index contributed by atoms with van der Waals surface area (Å²) >= 11 is 0. The predicted molar refractivity (Wildman–Crippen MR) is 57.4 cm³/mol. The summed E-state index contributed by atoms with van der Waals surface area (Å²) < 4.78 is 2.02. The molecule has 0 N–H and O–H groups in total.